The molecule has 25 heavy (non-hydrogen) atoms. The third-order valence-electron chi connectivity index (χ3n) is 4.31. The first-order valence-corrected chi connectivity index (χ1v) is 9.81. The number of Topliss-reactive ketones (excluding diaryl/α,β-unsaturated/α-hetero) is 1. The first kappa shape index (κ1) is 17.9. The zero-order chi connectivity index (χ0) is 18.0. The lowest BCUT2D eigenvalue weighted by Crippen LogP contribution is -2.48. The zero-order valence-corrected chi connectivity index (χ0v) is 15.4. The van der Waals surface area contributed by atoms with E-state index in [1.807, 2.05) is 18.2 Å². The average molecular weight is 379 g/mol. The Morgan fingerprint density at radius 3 is 2.24 bits per heavy atom. The second kappa shape index (κ2) is 7.15. The molecule has 0 atom stereocenters. The van der Waals surface area contributed by atoms with Crippen LogP contribution in [-0.2, 0) is 10.0 Å². The third-order valence-corrected chi connectivity index (χ3v) is 6.47. The minimum absolute atomic E-state index is 0.0193. The van der Waals surface area contributed by atoms with Crippen LogP contribution in [0.5, 0.6) is 0 Å². The number of benzene rings is 2. The van der Waals surface area contributed by atoms with Crippen LogP contribution >= 0.6 is 11.6 Å². The fraction of sp³-hybridized carbons (Fsp3) is 0.278. The molecule has 1 fully saturated rings. The summed E-state index contributed by atoms with van der Waals surface area (Å²) in [4.78, 5) is 13.9. The molecule has 0 unspecified atom stereocenters. The second-order valence-corrected chi connectivity index (χ2v) is 8.33. The van der Waals surface area contributed by atoms with Crippen molar-refractivity contribution in [1.29, 1.82) is 0 Å². The largest absolute Gasteiger partial charge is 0.369 e. The molecule has 0 bridgehead atoms. The van der Waals surface area contributed by atoms with Crippen LogP contribution in [0.1, 0.15) is 17.3 Å². The Kier molecular flexibility index (Phi) is 5.13. The number of sulfonamides is 1. The number of hydrogen-bond donors (Lipinski definition) is 0. The summed E-state index contributed by atoms with van der Waals surface area (Å²) in [6.07, 6.45) is 0. The molecule has 2 aromatic carbocycles. The van der Waals surface area contributed by atoms with E-state index in [-0.39, 0.29) is 10.7 Å². The number of carbonyl (C=O) groups excluding carboxylic acids is 1. The molecule has 0 radical (unpaired) electrons. The van der Waals surface area contributed by atoms with Gasteiger partial charge in [0.2, 0.25) is 10.0 Å². The molecule has 0 aliphatic carbocycles. The van der Waals surface area contributed by atoms with E-state index in [0.717, 1.165) is 5.69 Å². The molecular formula is C18H19ClN2O3S. The third kappa shape index (κ3) is 3.86. The van der Waals surface area contributed by atoms with E-state index < -0.39 is 10.0 Å². The van der Waals surface area contributed by atoms with Gasteiger partial charge in [0, 0.05) is 42.5 Å². The van der Waals surface area contributed by atoms with Gasteiger partial charge in [0.05, 0.1) is 4.90 Å². The number of piperazine rings is 1. The SMILES string of the molecule is CC(=O)c1cccc(N2CCN(S(=O)(=O)c3ccc(Cl)cc3)CC2)c1. The van der Waals surface area contributed by atoms with Crippen molar-refractivity contribution in [3.8, 4) is 0 Å². The Bertz CT molecular complexity index is 873. The summed E-state index contributed by atoms with van der Waals surface area (Å²) < 4.78 is 26.9. The highest BCUT2D eigenvalue weighted by molar-refractivity contribution is 7.89. The molecule has 0 saturated carbocycles. The topological polar surface area (TPSA) is 57.7 Å². The van der Waals surface area contributed by atoms with Crippen LogP contribution in [0.3, 0.4) is 0 Å². The Balaban J connectivity index is 1.72. The van der Waals surface area contributed by atoms with Crippen LogP contribution in [0.2, 0.25) is 5.02 Å². The standard InChI is InChI=1S/C18H19ClN2O3S/c1-14(22)15-3-2-4-17(13-15)20-9-11-21(12-10-20)25(23,24)18-7-5-16(19)6-8-18/h2-8,13H,9-12H2,1H3. The fourth-order valence-electron chi connectivity index (χ4n) is 2.86. The molecule has 1 saturated heterocycles. The van der Waals surface area contributed by atoms with Crippen LogP contribution in [0.4, 0.5) is 5.69 Å². The predicted molar refractivity (Wildman–Crippen MR) is 98.9 cm³/mol. The van der Waals surface area contributed by atoms with Crippen molar-refractivity contribution < 1.29 is 13.2 Å². The number of hydrogen-bond acceptors (Lipinski definition) is 4. The Morgan fingerprint density at radius 2 is 1.64 bits per heavy atom. The van der Waals surface area contributed by atoms with Gasteiger partial charge in [-0.2, -0.15) is 4.31 Å². The normalized spacial score (nSPS) is 16.0. The number of carbonyl (C=O) groups is 1. The lowest BCUT2D eigenvalue weighted by atomic mass is 10.1. The van der Waals surface area contributed by atoms with Crippen molar-refractivity contribution in [1.82, 2.24) is 4.31 Å². The molecular weight excluding hydrogens is 360 g/mol. The van der Waals surface area contributed by atoms with Crippen molar-refractivity contribution >= 4 is 33.1 Å². The number of rotatable bonds is 4. The molecule has 0 amide bonds. The van der Waals surface area contributed by atoms with Crippen LogP contribution in [0.15, 0.2) is 53.4 Å². The molecule has 5 nitrogen and oxygen atoms in total. The molecule has 1 aliphatic heterocycles. The molecule has 0 N–H and O–H groups in total. The summed E-state index contributed by atoms with van der Waals surface area (Å²) in [6, 6.07) is 13.6. The number of nitrogens with zero attached hydrogens (tertiary/aromatic N) is 2. The van der Waals surface area contributed by atoms with Gasteiger partial charge in [-0.25, -0.2) is 8.42 Å². The van der Waals surface area contributed by atoms with Gasteiger partial charge in [-0.3, -0.25) is 4.79 Å². The lowest BCUT2D eigenvalue weighted by Gasteiger charge is -2.35. The summed E-state index contributed by atoms with van der Waals surface area (Å²) >= 11 is 5.83. The first-order valence-electron chi connectivity index (χ1n) is 7.99. The van der Waals surface area contributed by atoms with E-state index in [1.165, 1.54) is 23.4 Å². The highest BCUT2D eigenvalue weighted by atomic mass is 35.5. The zero-order valence-electron chi connectivity index (χ0n) is 13.9. The molecule has 1 heterocycles. The summed E-state index contributed by atoms with van der Waals surface area (Å²) in [6.45, 7) is 3.49. The molecule has 3 rings (SSSR count). The Labute approximate surface area is 152 Å². The van der Waals surface area contributed by atoms with Crippen LogP contribution < -0.4 is 4.90 Å². The maximum Gasteiger partial charge on any atom is 0.243 e. The van der Waals surface area contributed by atoms with Gasteiger partial charge < -0.3 is 4.90 Å². The maximum absolute atomic E-state index is 12.7. The van der Waals surface area contributed by atoms with E-state index in [1.54, 1.807) is 18.2 Å². The van der Waals surface area contributed by atoms with E-state index in [4.69, 9.17) is 11.6 Å². The van der Waals surface area contributed by atoms with E-state index in [9.17, 15) is 13.2 Å². The summed E-state index contributed by atoms with van der Waals surface area (Å²) in [5.74, 6) is 0.0193. The minimum Gasteiger partial charge on any atom is -0.369 e. The smallest absolute Gasteiger partial charge is 0.243 e. The van der Waals surface area contributed by atoms with Crippen molar-refractivity contribution in [2.45, 2.75) is 11.8 Å². The van der Waals surface area contributed by atoms with Crippen LogP contribution in [0.25, 0.3) is 0 Å². The van der Waals surface area contributed by atoms with Crippen molar-refractivity contribution in [2.24, 2.45) is 0 Å². The van der Waals surface area contributed by atoms with Gasteiger partial charge >= 0.3 is 0 Å². The van der Waals surface area contributed by atoms with Crippen LogP contribution in [0, 0.1) is 0 Å². The molecule has 2 aromatic rings. The maximum atomic E-state index is 12.7. The number of anilines is 1. The van der Waals surface area contributed by atoms with E-state index in [2.05, 4.69) is 4.90 Å². The van der Waals surface area contributed by atoms with Gasteiger partial charge in [0.1, 0.15) is 0 Å². The van der Waals surface area contributed by atoms with Gasteiger partial charge in [-0.05, 0) is 43.3 Å². The van der Waals surface area contributed by atoms with Crippen LogP contribution in [-0.4, -0.2) is 44.7 Å². The second-order valence-electron chi connectivity index (χ2n) is 5.95. The molecule has 132 valence electrons. The highest BCUT2D eigenvalue weighted by Crippen LogP contribution is 2.23. The van der Waals surface area contributed by atoms with Gasteiger partial charge in [-0.15, -0.1) is 0 Å². The summed E-state index contributed by atoms with van der Waals surface area (Å²) in [5, 5.41) is 0.508. The predicted octanol–water partition coefficient (Wildman–Crippen LogP) is 3.05. The van der Waals surface area contributed by atoms with Crippen molar-refractivity contribution in [3.05, 3.63) is 59.1 Å². The minimum atomic E-state index is -3.51. The molecule has 0 aromatic heterocycles. The summed E-state index contributed by atoms with van der Waals surface area (Å²) in [5.41, 5.74) is 1.60. The molecule has 0 spiro atoms. The average Bonchev–Trinajstić information content (AvgIpc) is 2.62. The lowest BCUT2D eigenvalue weighted by molar-refractivity contribution is 0.101. The Morgan fingerprint density at radius 1 is 1.00 bits per heavy atom. The van der Waals surface area contributed by atoms with Gasteiger partial charge in [-0.1, -0.05) is 23.7 Å². The van der Waals surface area contributed by atoms with Gasteiger partial charge in [0.25, 0.3) is 0 Å². The van der Waals surface area contributed by atoms with Crippen molar-refractivity contribution in [3.63, 3.8) is 0 Å². The Hall–Kier alpha value is -1.89. The monoisotopic (exact) mass is 378 g/mol. The molecule has 1 aliphatic rings. The first-order chi connectivity index (χ1) is 11.9. The van der Waals surface area contributed by atoms with E-state index in [0.29, 0.717) is 36.8 Å². The fourth-order valence-corrected chi connectivity index (χ4v) is 4.41. The number of halogens is 1. The van der Waals surface area contributed by atoms with E-state index >= 15 is 0 Å². The highest BCUT2D eigenvalue weighted by Gasteiger charge is 2.28. The van der Waals surface area contributed by atoms with Crippen molar-refractivity contribution in [2.75, 3.05) is 31.1 Å². The van der Waals surface area contributed by atoms with Gasteiger partial charge in [0.15, 0.2) is 5.78 Å². The number of ketones is 1. The summed E-state index contributed by atoms with van der Waals surface area (Å²) in [7, 11) is -3.51. The molecule has 7 heteroatoms. The quantitative estimate of drug-likeness (QED) is 0.767.